The number of nitrogens with one attached hydrogen (secondary N) is 1. The smallest absolute Gasteiger partial charge is 0.242 e. The van der Waals surface area contributed by atoms with Crippen LogP contribution in [0, 0.1) is 12.8 Å². The van der Waals surface area contributed by atoms with Crippen molar-refractivity contribution in [3.8, 4) is 0 Å². The Labute approximate surface area is 124 Å². The van der Waals surface area contributed by atoms with Crippen molar-refractivity contribution in [2.24, 2.45) is 5.92 Å². The molecule has 2 rings (SSSR count). The summed E-state index contributed by atoms with van der Waals surface area (Å²) in [5.74, 6) is 0.427. The van der Waals surface area contributed by atoms with E-state index in [0.29, 0.717) is 24.8 Å². The molecule has 0 aliphatic carbocycles. The summed E-state index contributed by atoms with van der Waals surface area (Å²) in [4.78, 5) is 0.0324. The van der Waals surface area contributed by atoms with Crippen LogP contribution in [-0.2, 0) is 14.8 Å². The van der Waals surface area contributed by atoms with Crippen molar-refractivity contribution in [1.29, 1.82) is 0 Å². The van der Waals surface area contributed by atoms with Crippen LogP contribution in [0.4, 0.5) is 5.69 Å². The molecule has 0 spiro atoms. The van der Waals surface area contributed by atoms with E-state index in [9.17, 15) is 8.42 Å². The zero-order chi connectivity index (χ0) is 14.8. The van der Waals surface area contributed by atoms with Crippen LogP contribution >= 0.6 is 11.6 Å². The summed E-state index contributed by atoms with van der Waals surface area (Å²) in [6.45, 7) is 3.63. The van der Waals surface area contributed by atoms with E-state index in [4.69, 9.17) is 22.1 Å². The average Bonchev–Trinajstić information content (AvgIpc) is 2.86. The van der Waals surface area contributed by atoms with Gasteiger partial charge in [-0.3, -0.25) is 0 Å². The normalized spacial score (nSPS) is 19.4. The maximum Gasteiger partial charge on any atom is 0.242 e. The van der Waals surface area contributed by atoms with Crippen LogP contribution in [0.1, 0.15) is 18.4 Å². The maximum atomic E-state index is 12.2. The molecule has 1 aromatic rings. The zero-order valence-electron chi connectivity index (χ0n) is 11.4. The summed E-state index contributed by atoms with van der Waals surface area (Å²) >= 11 is 6.00. The van der Waals surface area contributed by atoms with E-state index < -0.39 is 10.0 Å². The van der Waals surface area contributed by atoms with Gasteiger partial charge < -0.3 is 10.5 Å². The number of nitrogens with two attached hydrogens (primary N) is 1. The second-order valence-corrected chi connectivity index (χ2v) is 7.20. The molecule has 1 atom stereocenters. The second kappa shape index (κ2) is 6.30. The van der Waals surface area contributed by atoms with Gasteiger partial charge in [-0.2, -0.15) is 0 Å². The number of anilines is 1. The Hall–Kier alpha value is -0.820. The van der Waals surface area contributed by atoms with Gasteiger partial charge in [0.2, 0.25) is 10.0 Å². The number of hydrogen-bond acceptors (Lipinski definition) is 4. The van der Waals surface area contributed by atoms with Gasteiger partial charge in [0, 0.05) is 25.4 Å². The largest absolute Gasteiger partial charge is 0.398 e. The molecule has 3 N–H and O–H groups in total. The molecule has 0 amide bonds. The Morgan fingerprint density at radius 3 is 2.90 bits per heavy atom. The van der Waals surface area contributed by atoms with Crippen LogP contribution < -0.4 is 10.5 Å². The Morgan fingerprint density at radius 1 is 1.50 bits per heavy atom. The molecule has 1 saturated heterocycles. The van der Waals surface area contributed by atoms with Gasteiger partial charge in [0.05, 0.1) is 5.02 Å². The molecule has 1 aliphatic rings. The quantitative estimate of drug-likeness (QED) is 0.813. The average molecular weight is 319 g/mol. The van der Waals surface area contributed by atoms with E-state index in [1.165, 1.54) is 6.07 Å². The van der Waals surface area contributed by atoms with E-state index >= 15 is 0 Å². The minimum Gasteiger partial charge on any atom is -0.398 e. The van der Waals surface area contributed by atoms with Crippen molar-refractivity contribution in [1.82, 2.24) is 4.72 Å². The van der Waals surface area contributed by atoms with E-state index in [0.717, 1.165) is 25.0 Å². The fourth-order valence-electron chi connectivity index (χ4n) is 2.16. The van der Waals surface area contributed by atoms with Gasteiger partial charge in [-0.1, -0.05) is 11.6 Å². The third-order valence-corrected chi connectivity index (χ3v) is 5.40. The summed E-state index contributed by atoms with van der Waals surface area (Å²) in [7, 11) is -3.62. The van der Waals surface area contributed by atoms with Gasteiger partial charge in [-0.25, -0.2) is 13.1 Å². The lowest BCUT2D eigenvalue weighted by molar-refractivity contribution is 0.184. The van der Waals surface area contributed by atoms with Crippen molar-refractivity contribution >= 4 is 27.3 Å². The Kier molecular flexibility index (Phi) is 4.90. The molecule has 1 aliphatic heterocycles. The minimum absolute atomic E-state index is 0.0324. The molecule has 5 nitrogen and oxygen atoms in total. The predicted octanol–water partition coefficient (Wildman–Crippen LogP) is 1.94. The molecule has 0 bridgehead atoms. The minimum atomic E-state index is -3.62. The summed E-state index contributed by atoms with van der Waals surface area (Å²) < 4.78 is 32.2. The standard InChI is InChI=1S/C13H19ClN2O3S/c1-9-6-11(14)13(7-12(9)15)20(17,18)16-4-2-10-3-5-19-8-10/h6-7,10,16H,2-5,8,15H2,1H3. The summed E-state index contributed by atoms with van der Waals surface area (Å²) in [6.07, 6.45) is 1.75. The lowest BCUT2D eigenvalue weighted by Gasteiger charge is -2.12. The molecular formula is C13H19ClN2O3S. The van der Waals surface area contributed by atoms with E-state index in [1.807, 2.05) is 0 Å². The van der Waals surface area contributed by atoms with Gasteiger partial charge in [0.1, 0.15) is 4.90 Å². The van der Waals surface area contributed by atoms with Crippen molar-refractivity contribution in [3.05, 3.63) is 22.7 Å². The van der Waals surface area contributed by atoms with Gasteiger partial charge in [0.15, 0.2) is 0 Å². The third kappa shape index (κ3) is 3.63. The number of ether oxygens (including phenoxy) is 1. The highest BCUT2D eigenvalue weighted by molar-refractivity contribution is 7.89. The molecular weight excluding hydrogens is 300 g/mol. The highest BCUT2D eigenvalue weighted by Gasteiger charge is 2.21. The molecule has 1 unspecified atom stereocenters. The van der Waals surface area contributed by atoms with Gasteiger partial charge in [-0.05, 0) is 43.4 Å². The lowest BCUT2D eigenvalue weighted by Crippen LogP contribution is -2.26. The fourth-order valence-corrected chi connectivity index (χ4v) is 3.82. The first-order chi connectivity index (χ1) is 9.40. The van der Waals surface area contributed by atoms with Crippen molar-refractivity contribution in [2.75, 3.05) is 25.5 Å². The number of benzene rings is 1. The van der Waals surface area contributed by atoms with Gasteiger partial charge in [-0.15, -0.1) is 0 Å². The molecule has 0 aromatic heterocycles. The number of halogens is 1. The predicted molar refractivity (Wildman–Crippen MR) is 79.3 cm³/mol. The lowest BCUT2D eigenvalue weighted by atomic mass is 10.1. The van der Waals surface area contributed by atoms with Crippen LogP contribution in [0.2, 0.25) is 5.02 Å². The van der Waals surface area contributed by atoms with Crippen LogP contribution in [0.3, 0.4) is 0 Å². The van der Waals surface area contributed by atoms with Crippen LogP contribution in [0.25, 0.3) is 0 Å². The molecule has 7 heteroatoms. The van der Waals surface area contributed by atoms with E-state index in [1.54, 1.807) is 13.0 Å². The van der Waals surface area contributed by atoms with Gasteiger partial charge >= 0.3 is 0 Å². The maximum absolute atomic E-state index is 12.2. The molecule has 1 aromatic carbocycles. The molecule has 1 heterocycles. The van der Waals surface area contributed by atoms with Crippen LogP contribution in [0.5, 0.6) is 0 Å². The molecule has 20 heavy (non-hydrogen) atoms. The van der Waals surface area contributed by atoms with E-state index in [-0.39, 0.29) is 9.92 Å². The molecule has 0 saturated carbocycles. The number of nitrogen functional groups attached to an aromatic ring is 1. The topological polar surface area (TPSA) is 81.4 Å². The van der Waals surface area contributed by atoms with Gasteiger partial charge in [0.25, 0.3) is 0 Å². The van der Waals surface area contributed by atoms with E-state index in [2.05, 4.69) is 4.72 Å². The number of sulfonamides is 1. The monoisotopic (exact) mass is 318 g/mol. The van der Waals surface area contributed by atoms with Crippen molar-refractivity contribution in [2.45, 2.75) is 24.7 Å². The molecule has 1 fully saturated rings. The summed E-state index contributed by atoms with van der Waals surface area (Å²) in [5.41, 5.74) is 6.92. The zero-order valence-corrected chi connectivity index (χ0v) is 12.9. The van der Waals surface area contributed by atoms with Crippen LogP contribution in [-0.4, -0.2) is 28.2 Å². The Bertz CT molecular complexity index is 584. The number of rotatable bonds is 5. The highest BCUT2D eigenvalue weighted by atomic mass is 35.5. The third-order valence-electron chi connectivity index (χ3n) is 3.48. The molecule has 112 valence electrons. The second-order valence-electron chi connectivity index (χ2n) is 5.06. The first-order valence-electron chi connectivity index (χ1n) is 6.53. The fraction of sp³-hybridized carbons (Fsp3) is 0.538. The number of aryl methyl sites for hydroxylation is 1. The molecule has 0 radical (unpaired) electrons. The Morgan fingerprint density at radius 2 is 2.25 bits per heavy atom. The Balaban J connectivity index is 2.04. The first-order valence-corrected chi connectivity index (χ1v) is 8.39. The van der Waals surface area contributed by atoms with Crippen molar-refractivity contribution in [3.63, 3.8) is 0 Å². The SMILES string of the molecule is Cc1cc(Cl)c(S(=O)(=O)NCCC2CCOC2)cc1N. The van der Waals surface area contributed by atoms with Crippen LogP contribution in [0.15, 0.2) is 17.0 Å². The summed E-state index contributed by atoms with van der Waals surface area (Å²) in [5, 5.41) is 0.188. The summed E-state index contributed by atoms with van der Waals surface area (Å²) in [6, 6.07) is 2.97. The highest BCUT2D eigenvalue weighted by Crippen LogP contribution is 2.26. The number of hydrogen-bond donors (Lipinski definition) is 2. The first kappa shape index (κ1) is 15.6. The van der Waals surface area contributed by atoms with Crippen molar-refractivity contribution < 1.29 is 13.2 Å².